The topological polar surface area (TPSA) is 60.9 Å². The molecular formula is C28H31FN2O3S. The third-order valence-electron chi connectivity index (χ3n) is 7.50. The van der Waals surface area contributed by atoms with Gasteiger partial charge in [-0.05, 0) is 66.8 Å². The number of nitrogens with zero attached hydrogens (tertiary/aromatic N) is 2. The van der Waals surface area contributed by atoms with Crippen molar-refractivity contribution in [2.45, 2.75) is 42.7 Å². The number of sulfonamides is 1. The van der Waals surface area contributed by atoms with Gasteiger partial charge in [-0.2, -0.15) is 4.31 Å². The molecule has 1 N–H and O–H groups in total. The van der Waals surface area contributed by atoms with Gasteiger partial charge in [0.15, 0.2) is 0 Å². The Morgan fingerprint density at radius 3 is 2.40 bits per heavy atom. The molecule has 2 fully saturated rings. The average molecular weight is 495 g/mol. The largest absolute Gasteiger partial charge is 0.395 e. The fourth-order valence-corrected chi connectivity index (χ4v) is 7.40. The molecule has 0 radical (unpaired) electrons. The van der Waals surface area contributed by atoms with Gasteiger partial charge in [-0.15, -0.1) is 0 Å². The first-order chi connectivity index (χ1) is 16.9. The van der Waals surface area contributed by atoms with Gasteiger partial charge in [-0.1, -0.05) is 54.6 Å². The minimum absolute atomic E-state index is 0.00809. The molecule has 0 amide bonds. The minimum atomic E-state index is -3.62. The summed E-state index contributed by atoms with van der Waals surface area (Å²) in [5.74, 6) is -0.250. The standard InChI is InChI=1S/C28H31FN2O3S/c1-20-7-2-3-10-27(20)35(33,34)30-15-4-5-16-31-25(18-30)28(26(31)19-32)22-13-11-21(12-14-22)23-8-6-9-24(29)17-23/h2-3,6-14,17,25-26,28,32H,4-5,15-16,18-19H2,1H3/t25-,26+,28?/m0/s1. The second-order valence-corrected chi connectivity index (χ2v) is 11.5. The van der Waals surface area contributed by atoms with Gasteiger partial charge in [0.1, 0.15) is 5.82 Å². The van der Waals surface area contributed by atoms with Gasteiger partial charge in [0.05, 0.1) is 11.5 Å². The van der Waals surface area contributed by atoms with E-state index >= 15 is 0 Å². The normalized spacial score (nSPS) is 23.7. The Bertz CT molecular complexity index is 1300. The quantitative estimate of drug-likeness (QED) is 0.571. The smallest absolute Gasteiger partial charge is 0.243 e. The van der Waals surface area contributed by atoms with Crippen LogP contribution in [0, 0.1) is 12.7 Å². The van der Waals surface area contributed by atoms with Crippen molar-refractivity contribution in [1.29, 1.82) is 0 Å². The third kappa shape index (κ3) is 4.54. The Labute approximate surface area is 206 Å². The van der Waals surface area contributed by atoms with Crippen molar-refractivity contribution < 1.29 is 17.9 Å². The van der Waals surface area contributed by atoms with Gasteiger partial charge >= 0.3 is 0 Å². The van der Waals surface area contributed by atoms with Crippen LogP contribution >= 0.6 is 0 Å². The predicted molar refractivity (Wildman–Crippen MR) is 135 cm³/mol. The summed E-state index contributed by atoms with van der Waals surface area (Å²) >= 11 is 0. The van der Waals surface area contributed by atoms with Gasteiger partial charge in [0.25, 0.3) is 0 Å². The molecule has 2 aliphatic rings. The maximum atomic E-state index is 13.7. The van der Waals surface area contributed by atoms with Crippen LogP contribution in [0.2, 0.25) is 0 Å². The summed E-state index contributed by atoms with van der Waals surface area (Å²) in [4.78, 5) is 2.63. The molecule has 35 heavy (non-hydrogen) atoms. The Morgan fingerprint density at radius 1 is 0.943 bits per heavy atom. The first-order valence-corrected chi connectivity index (χ1v) is 13.6. The summed E-state index contributed by atoms with van der Waals surface area (Å²) < 4.78 is 42.5. The molecule has 3 aromatic carbocycles. The van der Waals surface area contributed by atoms with Crippen LogP contribution in [0.15, 0.2) is 77.7 Å². The van der Waals surface area contributed by atoms with Gasteiger partial charge in [-0.3, -0.25) is 4.90 Å². The Kier molecular flexibility index (Phi) is 6.77. The molecule has 0 spiro atoms. The van der Waals surface area contributed by atoms with Crippen molar-refractivity contribution in [3.8, 4) is 11.1 Å². The van der Waals surface area contributed by atoms with Crippen molar-refractivity contribution in [3.05, 3.63) is 89.7 Å². The number of fused-ring (bicyclic) bond motifs is 1. The Balaban J connectivity index is 1.43. The molecular weight excluding hydrogens is 463 g/mol. The van der Waals surface area contributed by atoms with E-state index in [4.69, 9.17) is 0 Å². The summed E-state index contributed by atoms with van der Waals surface area (Å²) in [5.41, 5.74) is 3.55. The summed E-state index contributed by atoms with van der Waals surface area (Å²) in [6.45, 7) is 3.60. The number of benzene rings is 3. The minimum Gasteiger partial charge on any atom is -0.395 e. The highest BCUT2D eigenvalue weighted by molar-refractivity contribution is 7.89. The SMILES string of the molecule is Cc1ccccc1S(=O)(=O)N1CCCCN2[C@H](CO)C(c3ccc(-c4cccc(F)c4)cc3)[C@@H]2C1. The van der Waals surface area contributed by atoms with Crippen LogP contribution in [0.1, 0.15) is 29.9 Å². The van der Waals surface area contributed by atoms with Crippen molar-refractivity contribution in [2.75, 3.05) is 26.2 Å². The van der Waals surface area contributed by atoms with Gasteiger partial charge in [-0.25, -0.2) is 12.8 Å². The number of aliphatic hydroxyl groups excluding tert-OH is 1. The molecule has 2 saturated heterocycles. The van der Waals surface area contributed by atoms with E-state index < -0.39 is 10.0 Å². The molecule has 7 heteroatoms. The molecule has 184 valence electrons. The van der Waals surface area contributed by atoms with Crippen molar-refractivity contribution >= 4 is 10.0 Å². The number of aryl methyl sites for hydroxylation is 1. The number of halogens is 1. The van der Waals surface area contributed by atoms with E-state index in [1.54, 1.807) is 22.5 Å². The molecule has 2 aliphatic heterocycles. The second kappa shape index (κ2) is 9.82. The maximum absolute atomic E-state index is 13.7. The van der Waals surface area contributed by atoms with Crippen LogP contribution < -0.4 is 0 Å². The zero-order chi connectivity index (χ0) is 24.6. The van der Waals surface area contributed by atoms with E-state index in [9.17, 15) is 17.9 Å². The molecule has 0 bridgehead atoms. The number of aliphatic hydroxyl groups is 1. The highest BCUT2D eigenvalue weighted by atomic mass is 32.2. The highest BCUT2D eigenvalue weighted by Gasteiger charge is 2.50. The fourth-order valence-electron chi connectivity index (χ4n) is 5.68. The highest BCUT2D eigenvalue weighted by Crippen LogP contribution is 2.43. The molecule has 3 atom stereocenters. The van der Waals surface area contributed by atoms with E-state index in [-0.39, 0.29) is 30.4 Å². The molecule has 0 saturated carbocycles. The molecule has 0 aliphatic carbocycles. The average Bonchev–Trinajstić information content (AvgIpc) is 2.83. The Morgan fingerprint density at radius 2 is 1.69 bits per heavy atom. The summed E-state index contributed by atoms with van der Waals surface area (Å²) in [6.07, 6.45) is 1.68. The second-order valence-electron chi connectivity index (χ2n) is 9.55. The van der Waals surface area contributed by atoms with Crippen LogP contribution in [0.3, 0.4) is 0 Å². The third-order valence-corrected chi connectivity index (χ3v) is 9.52. The van der Waals surface area contributed by atoms with Gasteiger partial charge < -0.3 is 5.11 Å². The lowest BCUT2D eigenvalue weighted by molar-refractivity contribution is -0.0553. The molecule has 2 heterocycles. The predicted octanol–water partition coefficient (Wildman–Crippen LogP) is 4.41. The van der Waals surface area contributed by atoms with Crippen LogP contribution in [0.25, 0.3) is 11.1 Å². The molecule has 5 rings (SSSR count). The van der Waals surface area contributed by atoms with Crippen LogP contribution in [-0.2, 0) is 10.0 Å². The van der Waals surface area contributed by atoms with Gasteiger partial charge in [0, 0.05) is 31.1 Å². The molecule has 5 nitrogen and oxygen atoms in total. The van der Waals surface area contributed by atoms with Crippen molar-refractivity contribution in [1.82, 2.24) is 9.21 Å². The lowest BCUT2D eigenvalue weighted by Crippen LogP contribution is -2.67. The molecule has 1 unspecified atom stereocenters. The number of hydrogen-bond acceptors (Lipinski definition) is 4. The molecule has 0 aromatic heterocycles. The number of rotatable bonds is 5. The summed E-state index contributed by atoms with van der Waals surface area (Å²) in [5, 5.41) is 10.2. The first-order valence-electron chi connectivity index (χ1n) is 12.2. The zero-order valence-electron chi connectivity index (χ0n) is 19.8. The maximum Gasteiger partial charge on any atom is 0.243 e. The van der Waals surface area contributed by atoms with E-state index in [2.05, 4.69) is 4.90 Å². The Hall–Kier alpha value is -2.58. The monoisotopic (exact) mass is 494 g/mol. The first kappa shape index (κ1) is 24.1. The fraction of sp³-hybridized carbons (Fsp3) is 0.357. The van der Waals surface area contributed by atoms with E-state index in [1.807, 2.05) is 49.4 Å². The lowest BCUT2D eigenvalue weighted by atomic mass is 9.74. The lowest BCUT2D eigenvalue weighted by Gasteiger charge is -2.57. The van der Waals surface area contributed by atoms with Crippen LogP contribution in [-0.4, -0.2) is 61.1 Å². The zero-order valence-corrected chi connectivity index (χ0v) is 20.7. The van der Waals surface area contributed by atoms with Crippen molar-refractivity contribution in [3.63, 3.8) is 0 Å². The molecule has 3 aromatic rings. The summed E-state index contributed by atoms with van der Waals surface area (Å²) in [6, 6.07) is 21.6. The van der Waals surface area contributed by atoms with Crippen LogP contribution in [0.5, 0.6) is 0 Å². The summed E-state index contributed by atoms with van der Waals surface area (Å²) in [7, 11) is -3.62. The number of hydrogen-bond donors (Lipinski definition) is 1. The van der Waals surface area contributed by atoms with E-state index in [0.717, 1.165) is 41.6 Å². The van der Waals surface area contributed by atoms with Gasteiger partial charge in [0.2, 0.25) is 10.0 Å². The van der Waals surface area contributed by atoms with Crippen molar-refractivity contribution in [2.24, 2.45) is 0 Å². The van der Waals surface area contributed by atoms with E-state index in [1.165, 1.54) is 12.1 Å². The van der Waals surface area contributed by atoms with E-state index in [0.29, 0.717) is 18.0 Å². The van der Waals surface area contributed by atoms with Crippen LogP contribution in [0.4, 0.5) is 4.39 Å².